The molecule has 2 rings (SSSR count). The molecule has 0 amide bonds. The summed E-state index contributed by atoms with van der Waals surface area (Å²) in [5.74, 6) is -0.0783. The highest BCUT2D eigenvalue weighted by Crippen LogP contribution is 2.08. The van der Waals surface area contributed by atoms with Gasteiger partial charge in [0.15, 0.2) is 0 Å². The molecule has 7 heteroatoms. The van der Waals surface area contributed by atoms with Crippen LogP contribution in [0.4, 0.5) is 0 Å². The van der Waals surface area contributed by atoms with Gasteiger partial charge >= 0.3 is 0 Å². The minimum Gasteiger partial charge on any atom is -0.304 e. The van der Waals surface area contributed by atoms with Gasteiger partial charge in [0, 0.05) is 26.2 Å². The molecule has 1 aliphatic heterocycles. The standard InChI is InChI=1S/C13H18N4O2S/c1-16-6-8-17(9-7-16)15-20(18,19)11-13-4-2-12(10-14)3-5-13/h2-5,15H,6-9,11H2,1H3. The lowest BCUT2D eigenvalue weighted by atomic mass is 10.2. The van der Waals surface area contributed by atoms with Crippen LogP contribution < -0.4 is 4.83 Å². The second-order valence-corrected chi connectivity index (χ2v) is 6.65. The molecule has 0 radical (unpaired) electrons. The van der Waals surface area contributed by atoms with Gasteiger partial charge in [-0.15, -0.1) is 4.83 Å². The van der Waals surface area contributed by atoms with E-state index in [0.29, 0.717) is 24.2 Å². The SMILES string of the molecule is CN1CCN(NS(=O)(=O)Cc2ccc(C#N)cc2)CC1. The lowest BCUT2D eigenvalue weighted by Gasteiger charge is -2.32. The average Bonchev–Trinajstić information content (AvgIpc) is 2.41. The van der Waals surface area contributed by atoms with Crippen molar-refractivity contribution in [3.63, 3.8) is 0 Å². The summed E-state index contributed by atoms with van der Waals surface area (Å²) < 4.78 is 24.1. The van der Waals surface area contributed by atoms with Crippen molar-refractivity contribution in [2.75, 3.05) is 33.2 Å². The van der Waals surface area contributed by atoms with Crippen LogP contribution in [0.2, 0.25) is 0 Å². The lowest BCUT2D eigenvalue weighted by Crippen LogP contribution is -2.52. The average molecular weight is 294 g/mol. The molecule has 0 spiro atoms. The Morgan fingerprint density at radius 2 is 1.80 bits per heavy atom. The molecule has 1 saturated heterocycles. The number of hydrazine groups is 1. The minimum absolute atomic E-state index is 0.0783. The van der Waals surface area contributed by atoms with Crippen molar-refractivity contribution in [2.45, 2.75) is 5.75 Å². The number of rotatable bonds is 4. The van der Waals surface area contributed by atoms with E-state index in [4.69, 9.17) is 5.26 Å². The molecule has 1 aliphatic rings. The van der Waals surface area contributed by atoms with Gasteiger partial charge in [-0.2, -0.15) is 5.26 Å². The molecule has 0 aliphatic carbocycles. The zero-order chi connectivity index (χ0) is 14.6. The van der Waals surface area contributed by atoms with E-state index in [1.165, 1.54) is 0 Å². The van der Waals surface area contributed by atoms with Crippen LogP contribution in [-0.2, 0) is 15.8 Å². The molecular weight excluding hydrogens is 276 g/mol. The monoisotopic (exact) mass is 294 g/mol. The fraction of sp³-hybridized carbons (Fsp3) is 0.462. The van der Waals surface area contributed by atoms with E-state index in [-0.39, 0.29) is 5.75 Å². The van der Waals surface area contributed by atoms with Crippen LogP contribution in [0, 0.1) is 11.3 Å². The Morgan fingerprint density at radius 3 is 2.35 bits per heavy atom. The van der Waals surface area contributed by atoms with E-state index in [0.717, 1.165) is 13.1 Å². The minimum atomic E-state index is -3.40. The van der Waals surface area contributed by atoms with Crippen molar-refractivity contribution in [3.8, 4) is 6.07 Å². The predicted octanol–water partition coefficient (Wildman–Crippen LogP) is 0.140. The van der Waals surface area contributed by atoms with E-state index in [1.807, 2.05) is 13.1 Å². The van der Waals surface area contributed by atoms with Gasteiger partial charge < -0.3 is 4.90 Å². The number of likely N-dealkylation sites (N-methyl/N-ethyl adjacent to an activating group) is 1. The molecule has 20 heavy (non-hydrogen) atoms. The summed E-state index contributed by atoms with van der Waals surface area (Å²) in [6.07, 6.45) is 0. The zero-order valence-corrected chi connectivity index (χ0v) is 12.2. The lowest BCUT2D eigenvalue weighted by molar-refractivity contribution is 0.134. The molecule has 0 saturated carbocycles. The van der Waals surface area contributed by atoms with Crippen LogP contribution >= 0.6 is 0 Å². The maximum absolute atomic E-state index is 12.1. The van der Waals surface area contributed by atoms with Gasteiger partial charge in [-0.3, -0.25) is 0 Å². The number of benzene rings is 1. The highest BCUT2D eigenvalue weighted by Gasteiger charge is 2.19. The Kier molecular flexibility index (Phi) is 4.73. The molecule has 0 unspecified atom stereocenters. The molecule has 1 aromatic carbocycles. The van der Waals surface area contributed by atoms with Crippen LogP contribution in [0.25, 0.3) is 0 Å². The molecule has 0 aromatic heterocycles. The van der Waals surface area contributed by atoms with Crippen LogP contribution in [0.5, 0.6) is 0 Å². The number of sulfonamides is 1. The van der Waals surface area contributed by atoms with Crippen molar-refractivity contribution < 1.29 is 8.42 Å². The first-order valence-electron chi connectivity index (χ1n) is 6.41. The van der Waals surface area contributed by atoms with Crippen molar-refractivity contribution in [1.82, 2.24) is 14.7 Å². The quantitative estimate of drug-likeness (QED) is 0.855. The van der Waals surface area contributed by atoms with Gasteiger partial charge in [-0.05, 0) is 24.7 Å². The second kappa shape index (κ2) is 6.33. The van der Waals surface area contributed by atoms with Crippen LogP contribution in [-0.4, -0.2) is 51.6 Å². The fourth-order valence-corrected chi connectivity index (χ4v) is 3.29. The second-order valence-electron chi connectivity index (χ2n) is 4.95. The number of hydrogen-bond acceptors (Lipinski definition) is 5. The summed E-state index contributed by atoms with van der Waals surface area (Å²) in [7, 11) is -1.38. The van der Waals surface area contributed by atoms with E-state index in [9.17, 15) is 8.42 Å². The van der Waals surface area contributed by atoms with E-state index >= 15 is 0 Å². The smallest absolute Gasteiger partial charge is 0.228 e. The molecule has 1 aromatic rings. The van der Waals surface area contributed by atoms with Crippen LogP contribution in [0.15, 0.2) is 24.3 Å². The van der Waals surface area contributed by atoms with Gasteiger partial charge in [0.2, 0.25) is 10.0 Å². The molecule has 1 heterocycles. The Balaban J connectivity index is 1.95. The third-order valence-electron chi connectivity index (χ3n) is 3.21. The van der Waals surface area contributed by atoms with E-state index in [2.05, 4.69) is 9.73 Å². The van der Waals surface area contributed by atoms with Crippen LogP contribution in [0.3, 0.4) is 0 Å². The Bertz CT molecular complexity index is 584. The number of nitrogens with zero attached hydrogens (tertiary/aromatic N) is 3. The van der Waals surface area contributed by atoms with Crippen molar-refractivity contribution in [1.29, 1.82) is 5.26 Å². The maximum Gasteiger partial charge on any atom is 0.228 e. The summed E-state index contributed by atoms with van der Waals surface area (Å²) >= 11 is 0. The van der Waals surface area contributed by atoms with Gasteiger partial charge in [0.05, 0.1) is 17.4 Å². The summed E-state index contributed by atoms with van der Waals surface area (Å²) in [5, 5.41) is 10.4. The molecule has 108 valence electrons. The summed E-state index contributed by atoms with van der Waals surface area (Å²) in [6.45, 7) is 3.06. The molecule has 1 fully saturated rings. The first kappa shape index (κ1) is 14.9. The normalized spacial score (nSPS) is 17.8. The Morgan fingerprint density at radius 1 is 1.20 bits per heavy atom. The third kappa shape index (κ3) is 4.28. The van der Waals surface area contributed by atoms with Crippen molar-refractivity contribution in [2.24, 2.45) is 0 Å². The van der Waals surface area contributed by atoms with Crippen LogP contribution in [0.1, 0.15) is 11.1 Å². The van der Waals surface area contributed by atoms with E-state index in [1.54, 1.807) is 29.3 Å². The highest BCUT2D eigenvalue weighted by atomic mass is 32.2. The van der Waals surface area contributed by atoms with Gasteiger partial charge in [-0.25, -0.2) is 13.4 Å². The zero-order valence-electron chi connectivity index (χ0n) is 11.4. The topological polar surface area (TPSA) is 76.4 Å². The summed E-state index contributed by atoms with van der Waals surface area (Å²) in [5.41, 5.74) is 1.20. The third-order valence-corrected chi connectivity index (χ3v) is 4.46. The highest BCUT2D eigenvalue weighted by molar-refractivity contribution is 7.88. The molecule has 0 atom stereocenters. The summed E-state index contributed by atoms with van der Waals surface area (Å²) in [6, 6.07) is 8.60. The molecular formula is C13H18N4O2S. The van der Waals surface area contributed by atoms with E-state index < -0.39 is 10.0 Å². The number of hydrogen-bond donors (Lipinski definition) is 1. The van der Waals surface area contributed by atoms with Crippen molar-refractivity contribution in [3.05, 3.63) is 35.4 Å². The van der Waals surface area contributed by atoms with Gasteiger partial charge in [0.25, 0.3) is 0 Å². The maximum atomic E-state index is 12.1. The molecule has 6 nitrogen and oxygen atoms in total. The molecule has 1 N–H and O–H groups in total. The molecule has 0 bridgehead atoms. The van der Waals surface area contributed by atoms with Crippen molar-refractivity contribution >= 4 is 10.0 Å². The number of nitriles is 1. The number of nitrogens with one attached hydrogen (secondary N) is 1. The predicted molar refractivity (Wildman–Crippen MR) is 76.0 cm³/mol. The number of piperazine rings is 1. The fourth-order valence-electron chi connectivity index (χ4n) is 2.02. The Hall–Kier alpha value is -1.46. The largest absolute Gasteiger partial charge is 0.304 e. The van der Waals surface area contributed by atoms with Gasteiger partial charge in [-0.1, -0.05) is 12.1 Å². The van der Waals surface area contributed by atoms with Gasteiger partial charge in [0.1, 0.15) is 0 Å². The first-order valence-corrected chi connectivity index (χ1v) is 8.06. The Labute approximate surface area is 119 Å². The summed E-state index contributed by atoms with van der Waals surface area (Å²) in [4.78, 5) is 4.76. The first-order chi connectivity index (χ1) is 9.48.